The SMILES string of the molecule is CCc1n[nH]c(=S)n1/N=C/c1cccc(Cl)c1Cl. The van der Waals surface area contributed by atoms with Gasteiger partial charge in [0.1, 0.15) is 0 Å². The monoisotopic (exact) mass is 300 g/mol. The van der Waals surface area contributed by atoms with Gasteiger partial charge < -0.3 is 0 Å². The van der Waals surface area contributed by atoms with Crippen LogP contribution in [0, 0.1) is 4.77 Å². The van der Waals surface area contributed by atoms with Crippen molar-refractivity contribution in [3.8, 4) is 0 Å². The second kappa shape index (κ2) is 5.65. The molecule has 94 valence electrons. The first-order valence-electron chi connectivity index (χ1n) is 5.28. The standard InChI is InChI=1S/C11H10Cl2N4S/c1-2-9-15-16-11(18)17(9)14-6-7-4-3-5-8(12)10(7)13/h3-6H,2H2,1H3,(H,16,18)/b14-6+. The van der Waals surface area contributed by atoms with Gasteiger partial charge in [0.2, 0.25) is 4.77 Å². The summed E-state index contributed by atoms with van der Waals surface area (Å²) in [5.74, 6) is 0.759. The van der Waals surface area contributed by atoms with E-state index in [-0.39, 0.29) is 0 Å². The van der Waals surface area contributed by atoms with Gasteiger partial charge in [-0.05, 0) is 18.3 Å². The molecule has 4 nitrogen and oxygen atoms in total. The average Bonchev–Trinajstić information content (AvgIpc) is 2.72. The summed E-state index contributed by atoms with van der Waals surface area (Å²) in [5.41, 5.74) is 0.731. The number of halogens is 2. The molecule has 18 heavy (non-hydrogen) atoms. The van der Waals surface area contributed by atoms with Crippen molar-refractivity contribution < 1.29 is 0 Å². The molecule has 0 radical (unpaired) electrons. The predicted octanol–water partition coefficient (Wildman–Crippen LogP) is 3.69. The summed E-state index contributed by atoms with van der Waals surface area (Å²) in [6, 6.07) is 5.36. The number of rotatable bonds is 3. The highest BCUT2D eigenvalue weighted by Crippen LogP contribution is 2.24. The Morgan fingerprint density at radius 2 is 2.28 bits per heavy atom. The van der Waals surface area contributed by atoms with Crippen LogP contribution in [0.15, 0.2) is 23.3 Å². The number of nitrogens with zero attached hydrogens (tertiary/aromatic N) is 3. The second-order valence-corrected chi connectivity index (χ2v) is 4.67. The predicted molar refractivity (Wildman–Crippen MR) is 76.2 cm³/mol. The van der Waals surface area contributed by atoms with Crippen LogP contribution in [0.1, 0.15) is 18.3 Å². The molecule has 0 atom stereocenters. The van der Waals surface area contributed by atoms with Crippen molar-refractivity contribution in [3.63, 3.8) is 0 Å². The van der Waals surface area contributed by atoms with E-state index in [4.69, 9.17) is 35.4 Å². The van der Waals surface area contributed by atoms with E-state index in [1.54, 1.807) is 17.0 Å². The van der Waals surface area contributed by atoms with Crippen LogP contribution < -0.4 is 0 Å². The van der Waals surface area contributed by atoms with E-state index in [0.717, 1.165) is 17.8 Å². The number of benzene rings is 1. The van der Waals surface area contributed by atoms with E-state index in [9.17, 15) is 0 Å². The van der Waals surface area contributed by atoms with E-state index < -0.39 is 0 Å². The van der Waals surface area contributed by atoms with Gasteiger partial charge in [-0.25, -0.2) is 0 Å². The number of hydrogen-bond acceptors (Lipinski definition) is 3. The van der Waals surface area contributed by atoms with Gasteiger partial charge in [-0.2, -0.15) is 14.9 Å². The Labute approximate surface area is 119 Å². The van der Waals surface area contributed by atoms with Gasteiger partial charge in [0.15, 0.2) is 5.82 Å². The zero-order chi connectivity index (χ0) is 13.1. The molecule has 0 unspecified atom stereocenters. The largest absolute Gasteiger partial charge is 0.250 e. The molecule has 0 aliphatic rings. The molecule has 1 N–H and O–H groups in total. The Morgan fingerprint density at radius 3 is 3.00 bits per heavy atom. The van der Waals surface area contributed by atoms with Crippen molar-refractivity contribution in [2.45, 2.75) is 13.3 Å². The quantitative estimate of drug-likeness (QED) is 0.694. The molecule has 0 saturated heterocycles. The summed E-state index contributed by atoms with van der Waals surface area (Å²) >= 11 is 17.1. The lowest BCUT2D eigenvalue weighted by atomic mass is 10.2. The van der Waals surface area contributed by atoms with E-state index in [1.807, 2.05) is 19.1 Å². The van der Waals surface area contributed by atoms with Crippen LogP contribution in [-0.4, -0.2) is 21.1 Å². The van der Waals surface area contributed by atoms with Gasteiger partial charge in [-0.15, -0.1) is 0 Å². The van der Waals surface area contributed by atoms with Crippen molar-refractivity contribution in [2.75, 3.05) is 0 Å². The molecule has 1 aromatic carbocycles. The third kappa shape index (κ3) is 2.63. The van der Waals surface area contributed by atoms with Gasteiger partial charge in [0.05, 0.1) is 16.3 Å². The topological polar surface area (TPSA) is 46.0 Å². The fourth-order valence-electron chi connectivity index (χ4n) is 1.41. The summed E-state index contributed by atoms with van der Waals surface area (Å²) in [5, 5.41) is 12.0. The lowest BCUT2D eigenvalue weighted by molar-refractivity contribution is 0.780. The number of aromatic amines is 1. The molecule has 0 spiro atoms. The number of aryl methyl sites for hydroxylation is 1. The molecule has 1 heterocycles. The zero-order valence-corrected chi connectivity index (χ0v) is 11.9. The summed E-state index contributed by atoms with van der Waals surface area (Å²) < 4.78 is 2.01. The van der Waals surface area contributed by atoms with Crippen LogP contribution in [0.4, 0.5) is 0 Å². The number of hydrogen-bond donors (Lipinski definition) is 1. The van der Waals surface area contributed by atoms with Gasteiger partial charge in [0.25, 0.3) is 0 Å². The minimum atomic E-state index is 0.446. The maximum Gasteiger partial charge on any atom is 0.216 e. The molecule has 1 aromatic heterocycles. The van der Waals surface area contributed by atoms with Crippen molar-refractivity contribution in [3.05, 3.63) is 44.4 Å². The van der Waals surface area contributed by atoms with Crippen LogP contribution in [0.5, 0.6) is 0 Å². The van der Waals surface area contributed by atoms with Gasteiger partial charge in [-0.1, -0.05) is 42.3 Å². The summed E-state index contributed by atoms with van der Waals surface area (Å²) in [6.07, 6.45) is 2.34. The third-order valence-electron chi connectivity index (χ3n) is 2.33. The first-order chi connectivity index (χ1) is 8.63. The Hall–Kier alpha value is -1.17. The Balaban J connectivity index is 2.39. The molecule has 2 aromatic rings. The van der Waals surface area contributed by atoms with Crippen LogP contribution >= 0.6 is 35.4 Å². The van der Waals surface area contributed by atoms with E-state index >= 15 is 0 Å². The maximum absolute atomic E-state index is 6.06. The molecular weight excluding hydrogens is 291 g/mol. The summed E-state index contributed by atoms with van der Waals surface area (Å²) in [4.78, 5) is 0. The average molecular weight is 301 g/mol. The lowest BCUT2D eigenvalue weighted by Crippen LogP contribution is -1.97. The zero-order valence-electron chi connectivity index (χ0n) is 9.52. The molecule has 7 heteroatoms. The Morgan fingerprint density at radius 1 is 1.50 bits per heavy atom. The molecule has 0 aliphatic carbocycles. The number of H-pyrrole nitrogens is 1. The Kier molecular flexibility index (Phi) is 4.16. The van der Waals surface area contributed by atoms with E-state index in [0.29, 0.717) is 14.8 Å². The first kappa shape index (κ1) is 13.3. The molecule has 0 aliphatic heterocycles. The molecular formula is C11H10Cl2N4S. The van der Waals surface area contributed by atoms with Crippen molar-refractivity contribution >= 4 is 41.6 Å². The smallest absolute Gasteiger partial charge is 0.216 e. The lowest BCUT2D eigenvalue weighted by Gasteiger charge is -2.00. The molecule has 0 saturated carbocycles. The highest BCUT2D eigenvalue weighted by molar-refractivity contribution is 7.71. The van der Waals surface area contributed by atoms with E-state index in [2.05, 4.69) is 15.3 Å². The summed E-state index contributed by atoms with van der Waals surface area (Å²) in [6.45, 7) is 1.98. The molecule has 0 amide bonds. The van der Waals surface area contributed by atoms with Gasteiger partial charge in [0, 0.05) is 12.0 Å². The number of nitrogens with one attached hydrogen (secondary N) is 1. The van der Waals surface area contributed by atoms with Gasteiger partial charge >= 0.3 is 0 Å². The normalized spacial score (nSPS) is 11.3. The van der Waals surface area contributed by atoms with Crippen LogP contribution in [0.2, 0.25) is 10.0 Å². The second-order valence-electron chi connectivity index (χ2n) is 3.50. The summed E-state index contributed by atoms with van der Waals surface area (Å²) in [7, 11) is 0. The van der Waals surface area contributed by atoms with Crippen LogP contribution in [-0.2, 0) is 6.42 Å². The maximum atomic E-state index is 6.06. The highest BCUT2D eigenvalue weighted by Gasteiger charge is 2.04. The van der Waals surface area contributed by atoms with Crippen molar-refractivity contribution in [1.29, 1.82) is 0 Å². The fraction of sp³-hybridized carbons (Fsp3) is 0.182. The number of aromatic nitrogens is 3. The highest BCUT2D eigenvalue weighted by atomic mass is 35.5. The molecule has 0 bridgehead atoms. The molecule has 2 rings (SSSR count). The van der Waals surface area contributed by atoms with E-state index in [1.165, 1.54) is 0 Å². The van der Waals surface area contributed by atoms with Crippen molar-refractivity contribution in [1.82, 2.24) is 14.9 Å². The molecule has 0 fully saturated rings. The minimum Gasteiger partial charge on any atom is -0.250 e. The third-order valence-corrected chi connectivity index (χ3v) is 3.43. The van der Waals surface area contributed by atoms with Gasteiger partial charge in [-0.3, -0.25) is 5.10 Å². The minimum absolute atomic E-state index is 0.446. The fourth-order valence-corrected chi connectivity index (χ4v) is 1.97. The van der Waals surface area contributed by atoms with Crippen LogP contribution in [0.3, 0.4) is 0 Å². The van der Waals surface area contributed by atoms with Crippen molar-refractivity contribution in [2.24, 2.45) is 5.10 Å². The van der Waals surface area contributed by atoms with Crippen LogP contribution in [0.25, 0.3) is 0 Å². The first-order valence-corrected chi connectivity index (χ1v) is 6.44. The Bertz CT molecular complexity index is 645.